The van der Waals surface area contributed by atoms with Crippen LogP contribution in [0.15, 0.2) is 18.2 Å². The van der Waals surface area contributed by atoms with Crippen molar-refractivity contribution in [2.24, 2.45) is 7.05 Å². The number of aromatic hydroxyl groups is 1. The van der Waals surface area contributed by atoms with Crippen molar-refractivity contribution < 1.29 is 19.8 Å². The van der Waals surface area contributed by atoms with Gasteiger partial charge < -0.3 is 19.7 Å². The SMILES string of the molecule is Cc1c(C(=O)N2CCN(C)[C@H](C(=O)O)C2)c2cc(O)ccc2n1C. The van der Waals surface area contributed by atoms with Gasteiger partial charge in [-0.2, -0.15) is 0 Å². The molecule has 1 aliphatic rings. The molecular formula is C17H21N3O4. The van der Waals surface area contributed by atoms with Gasteiger partial charge >= 0.3 is 5.97 Å². The molecule has 0 unspecified atom stereocenters. The predicted molar refractivity (Wildman–Crippen MR) is 89.3 cm³/mol. The number of carbonyl (C=O) groups excluding carboxylic acids is 1. The molecule has 2 N–H and O–H groups in total. The maximum atomic E-state index is 13.1. The van der Waals surface area contributed by atoms with Gasteiger partial charge in [0.25, 0.3) is 5.91 Å². The molecule has 0 bridgehead atoms. The number of benzene rings is 1. The summed E-state index contributed by atoms with van der Waals surface area (Å²) >= 11 is 0. The Hall–Kier alpha value is -2.54. The third kappa shape index (κ3) is 2.50. The Balaban J connectivity index is 2.01. The van der Waals surface area contributed by atoms with Crippen LogP contribution < -0.4 is 0 Å². The number of nitrogens with zero attached hydrogens (tertiary/aromatic N) is 3. The molecule has 3 rings (SSSR count). The van der Waals surface area contributed by atoms with E-state index in [0.29, 0.717) is 24.0 Å². The highest BCUT2D eigenvalue weighted by atomic mass is 16.4. The maximum Gasteiger partial charge on any atom is 0.322 e. The Bertz CT molecular complexity index is 827. The van der Waals surface area contributed by atoms with Crippen LogP contribution in [-0.2, 0) is 11.8 Å². The number of carboxylic acids is 1. The first kappa shape index (κ1) is 16.3. The van der Waals surface area contributed by atoms with Crippen molar-refractivity contribution in [2.75, 3.05) is 26.7 Å². The van der Waals surface area contributed by atoms with E-state index in [-0.39, 0.29) is 18.2 Å². The van der Waals surface area contributed by atoms with Gasteiger partial charge in [-0.1, -0.05) is 0 Å². The van der Waals surface area contributed by atoms with Crippen LogP contribution in [0, 0.1) is 6.92 Å². The summed E-state index contributed by atoms with van der Waals surface area (Å²) in [5.74, 6) is -1.02. The third-order valence-corrected chi connectivity index (χ3v) is 4.91. The van der Waals surface area contributed by atoms with Crippen molar-refractivity contribution >= 4 is 22.8 Å². The van der Waals surface area contributed by atoms with E-state index in [0.717, 1.165) is 11.2 Å². The summed E-state index contributed by atoms with van der Waals surface area (Å²) in [5, 5.41) is 19.8. The second-order valence-corrected chi connectivity index (χ2v) is 6.31. The van der Waals surface area contributed by atoms with Crippen molar-refractivity contribution in [3.8, 4) is 5.75 Å². The van der Waals surface area contributed by atoms with E-state index < -0.39 is 12.0 Å². The minimum absolute atomic E-state index is 0.101. The summed E-state index contributed by atoms with van der Waals surface area (Å²) in [5.41, 5.74) is 2.18. The van der Waals surface area contributed by atoms with Gasteiger partial charge in [-0.05, 0) is 32.2 Å². The lowest BCUT2D eigenvalue weighted by atomic mass is 10.1. The number of hydrogen-bond acceptors (Lipinski definition) is 4. The van der Waals surface area contributed by atoms with Gasteiger partial charge in [0.05, 0.1) is 5.56 Å². The average Bonchev–Trinajstić information content (AvgIpc) is 2.77. The number of fused-ring (bicyclic) bond motifs is 1. The van der Waals surface area contributed by atoms with Crippen molar-refractivity contribution in [3.63, 3.8) is 0 Å². The van der Waals surface area contributed by atoms with E-state index in [4.69, 9.17) is 0 Å². The summed E-state index contributed by atoms with van der Waals surface area (Å²) in [6.45, 7) is 3.00. The molecule has 2 heterocycles. The lowest BCUT2D eigenvalue weighted by Crippen LogP contribution is -2.56. The molecule has 128 valence electrons. The van der Waals surface area contributed by atoms with E-state index in [9.17, 15) is 19.8 Å². The first-order valence-electron chi connectivity index (χ1n) is 7.81. The molecule has 7 nitrogen and oxygen atoms in total. The van der Waals surface area contributed by atoms with E-state index in [1.807, 2.05) is 18.5 Å². The van der Waals surface area contributed by atoms with Crippen LogP contribution in [0.2, 0.25) is 0 Å². The first-order valence-corrected chi connectivity index (χ1v) is 7.81. The quantitative estimate of drug-likeness (QED) is 0.858. The molecule has 0 radical (unpaired) electrons. The largest absolute Gasteiger partial charge is 0.508 e. The Kier molecular flexibility index (Phi) is 3.96. The average molecular weight is 331 g/mol. The number of piperazine rings is 1. The van der Waals surface area contributed by atoms with Gasteiger partial charge in [-0.15, -0.1) is 0 Å². The maximum absolute atomic E-state index is 13.1. The fourth-order valence-corrected chi connectivity index (χ4v) is 3.31. The fourth-order valence-electron chi connectivity index (χ4n) is 3.31. The summed E-state index contributed by atoms with van der Waals surface area (Å²) in [6, 6.07) is 4.25. The number of aliphatic carboxylic acids is 1. The molecule has 2 aromatic rings. The fraction of sp³-hybridized carbons (Fsp3) is 0.412. The van der Waals surface area contributed by atoms with Crippen LogP contribution in [0.5, 0.6) is 5.75 Å². The minimum Gasteiger partial charge on any atom is -0.508 e. The molecule has 1 saturated heterocycles. The molecule has 1 aliphatic heterocycles. The molecule has 0 aliphatic carbocycles. The van der Waals surface area contributed by atoms with Gasteiger partial charge in [0.1, 0.15) is 11.8 Å². The zero-order chi connectivity index (χ0) is 17.6. The molecule has 7 heteroatoms. The number of phenols is 1. The summed E-state index contributed by atoms with van der Waals surface area (Å²) in [6.07, 6.45) is 0. The highest BCUT2D eigenvalue weighted by Crippen LogP contribution is 2.29. The van der Waals surface area contributed by atoms with Crippen molar-refractivity contribution in [3.05, 3.63) is 29.5 Å². The number of rotatable bonds is 2. The number of carboxylic acid groups (broad SMARTS) is 1. The first-order chi connectivity index (χ1) is 11.3. The Morgan fingerprint density at radius 3 is 2.58 bits per heavy atom. The van der Waals surface area contributed by atoms with Crippen LogP contribution in [-0.4, -0.2) is 69.2 Å². The lowest BCUT2D eigenvalue weighted by Gasteiger charge is -2.37. The topological polar surface area (TPSA) is 86.0 Å². The van der Waals surface area contributed by atoms with Gasteiger partial charge in [0, 0.05) is 43.3 Å². The monoisotopic (exact) mass is 331 g/mol. The zero-order valence-corrected chi connectivity index (χ0v) is 14.0. The minimum atomic E-state index is -0.928. The number of amides is 1. The van der Waals surface area contributed by atoms with Crippen LogP contribution in [0.1, 0.15) is 16.1 Å². The van der Waals surface area contributed by atoms with E-state index in [1.54, 1.807) is 35.0 Å². The summed E-state index contributed by atoms with van der Waals surface area (Å²) in [7, 11) is 3.62. The smallest absolute Gasteiger partial charge is 0.322 e. The molecule has 0 spiro atoms. The molecule has 1 fully saturated rings. The van der Waals surface area contributed by atoms with E-state index in [1.165, 1.54) is 0 Å². The van der Waals surface area contributed by atoms with Gasteiger partial charge in [0.15, 0.2) is 0 Å². The summed E-state index contributed by atoms with van der Waals surface area (Å²) < 4.78 is 1.91. The number of aryl methyl sites for hydroxylation is 1. The standard InChI is InChI=1S/C17H21N3O4/c1-10-15(12-8-11(21)4-5-13(12)19(10)3)16(22)20-7-6-18(2)14(9-20)17(23)24/h4-5,8,14,21H,6-7,9H2,1-3H3,(H,23,24)/t14-/m0/s1. The molecule has 1 amide bonds. The van der Waals surface area contributed by atoms with Gasteiger partial charge in [0.2, 0.25) is 0 Å². The summed E-state index contributed by atoms with van der Waals surface area (Å²) in [4.78, 5) is 27.8. The lowest BCUT2D eigenvalue weighted by molar-refractivity contribution is -0.144. The van der Waals surface area contributed by atoms with Gasteiger partial charge in [-0.25, -0.2) is 0 Å². The third-order valence-electron chi connectivity index (χ3n) is 4.91. The molecule has 24 heavy (non-hydrogen) atoms. The molecule has 0 saturated carbocycles. The van der Waals surface area contributed by atoms with Gasteiger partial charge in [-0.3, -0.25) is 14.5 Å². The van der Waals surface area contributed by atoms with Crippen molar-refractivity contribution in [1.82, 2.24) is 14.4 Å². The van der Waals surface area contributed by atoms with Crippen molar-refractivity contribution in [2.45, 2.75) is 13.0 Å². The molecule has 1 atom stereocenters. The van der Waals surface area contributed by atoms with Crippen LogP contribution in [0.25, 0.3) is 10.9 Å². The van der Waals surface area contributed by atoms with Crippen LogP contribution in [0.3, 0.4) is 0 Å². The number of likely N-dealkylation sites (N-methyl/N-ethyl adjacent to an activating group) is 1. The normalized spacial score (nSPS) is 19.0. The number of hydrogen-bond donors (Lipinski definition) is 2. The van der Waals surface area contributed by atoms with Crippen molar-refractivity contribution in [1.29, 1.82) is 0 Å². The number of carbonyl (C=O) groups is 2. The Morgan fingerprint density at radius 2 is 1.92 bits per heavy atom. The zero-order valence-electron chi connectivity index (χ0n) is 14.0. The van der Waals surface area contributed by atoms with Crippen LogP contribution in [0.4, 0.5) is 0 Å². The second kappa shape index (κ2) is 5.83. The Labute approximate surface area is 139 Å². The van der Waals surface area contributed by atoms with Crippen LogP contribution >= 0.6 is 0 Å². The highest BCUT2D eigenvalue weighted by molar-refractivity contribution is 6.09. The number of aromatic nitrogens is 1. The molecular weight excluding hydrogens is 310 g/mol. The highest BCUT2D eigenvalue weighted by Gasteiger charge is 2.34. The predicted octanol–water partition coefficient (Wildman–Crippen LogP) is 1.03. The van der Waals surface area contributed by atoms with E-state index >= 15 is 0 Å². The number of phenolic OH excluding ortho intramolecular Hbond substituents is 1. The Morgan fingerprint density at radius 1 is 1.21 bits per heavy atom. The molecule has 1 aromatic heterocycles. The molecule has 1 aromatic carbocycles. The van der Waals surface area contributed by atoms with E-state index in [2.05, 4.69) is 0 Å². The second-order valence-electron chi connectivity index (χ2n) is 6.31.